The fourth-order valence-corrected chi connectivity index (χ4v) is 5.12. The van der Waals surface area contributed by atoms with Crippen molar-refractivity contribution in [2.24, 2.45) is 0 Å². The number of fused-ring (bicyclic) bond motifs is 1. The summed E-state index contributed by atoms with van der Waals surface area (Å²) in [6, 6.07) is 25.7. The van der Waals surface area contributed by atoms with Crippen molar-refractivity contribution in [3.63, 3.8) is 0 Å². The number of amides is 2. The molecule has 2 amide bonds. The van der Waals surface area contributed by atoms with Crippen LogP contribution in [0.2, 0.25) is 0 Å². The summed E-state index contributed by atoms with van der Waals surface area (Å²) >= 11 is 0. The van der Waals surface area contributed by atoms with Gasteiger partial charge in [0.1, 0.15) is 12.3 Å². The molecule has 0 aliphatic heterocycles. The number of para-hydroxylation sites is 2. The van der Waals surface area contributed by atoms with Gasteiger partial charge in [0.25, 0.3) is 0 Å². The molecule has 6 heteroatoms. The molecule has 0 radical (unpaired) electrons. The average molecular weight is 526 g/mol. The Morgan fingerprint density at radius 3 is 2.31 bits per heavy atom. The van der Waals surface area contributed by atoms with Crippen molar-refractivity contribution < 1.29 is 14.3 Å². The van der Waals surface area contributed by atoms with Gasteiger partial charge < -0.3 is 19.5 Å². The summed E-state index contributed by atoms with van der Waals surface area (Å²) in [6.45, 7) is 6.92. The number of carbonyl (C=O) groups excluding carboxylic acids is 2. The van der Waals surface area contributed by atoms with E-state index in [9.17, 15) is 9.59 Å². The summed E-state index contributed by atoms with van der Waals surface area (Å²) in [5, 5.41) is 1.16. The highest BCUT2D eigenvalue weighted by molar-refractivity contribution is 5.89. The largest absolute Gasteiger partial charge is 0.496 e. The summed E-state index contributed by atoms with van der Waals surface area (Å²) < 4.78 is 5.58. The first kappa shape index (κ1) is 28.0. The zero-order chi connectivity index (χ0) is 27.8. The van der Waals surface area contributed by atoms with Gasteiger partial charge in [-0.05, 0) is 49.9 Å². The lowest BCUT2D eigenvalue weighted by Gasteiger charge is -2.33. The monoisotopic (exact) mass is 525 g/mol. The quantitative estimate of drug-likeness (QED) is 0.240. The second kappa shape index (κ2) is 13.1. The second-order valence-corrected chi connectivity index (χ2v) is 10.2. The topological polar surface area (TPSA) is 65.6 Å². The van der Waals surface area contributed by atoms with E-state index in [-0.39, 0.29) is 30.3 Å². The fraction of sp³-hybridized carbons (Fsp3) is 0.333. The van der Waals surface area contributed by atoms with Gasteiger partial charge in [0.15, 0.2) is 0 Å². The molecule has 1 N–H and O–H groups in total. The van der Waals surface area contributed by atoms with Gasteiger partial charge in [-0.3, -0.25) is 9.59 Å². The van der Waals surface area contributed by atoms with Crippen LogP contribution >= 0.6 is 0 Å². The lowest BCUT2D eigenvalue weighted by atomic mass is 9.94. The predicted molar refractivity (Wildman–Crippen MR) is 157 cm³/mol. The Hall–Kier alpha value is -4.06. The molecule has 0 saturated heterocycles. The molecule has 204 valence electrons. The Balaban J connectivity index is 1.57. The number of carbonyl (C=O) groups is 2. The van der Waals surface area contributed by atoms with Crippen LogP contribution in [0.25, 0.3) is 10.9 Å². The van der Waals surface area contributed by atoms with Crippen molar-refractivity contribution in [3.05, 3.63) is 102 Å². The molecule has 1 aromatic heterocycles. The van der Waals surface area contributed by atoms with Crippen LogP contribution in [0.15, 0.2) is 85.1 Å². The highest BCUT2D eigenvalue weighted by Crippen LogP contribution is 2.25. The Bertz CT molecular complexity index is 1380. The number of hydrogen-bond donors (Lipinski definition) is 1. The van der Waals surface area contributed by atoms with Crippen LogP contribution in [0.4, 0.5) is 0 Å². The molecule has 4 aromatic rings. The van der Waals surface area contributed by atoms with Crippen LogP contribution in [-0.2, 0) is 22.6 Å². The summed E-state index contributed by atoms with van der Waals surface area (Å²) in [5.41, 5.74) is 4.16. The van der Waals surface area contributed by atoms with E-state index in [0.717, 1.165) is 33.3 Å². The minimum atomic E-state index is -0.282. The molecular weight excluding hydrogens is 486 g/mol. The number of benzene rings is 3. The maximum Gasteiger partial charge on any atom is 0.242 e. The number of nitrogens with one attached hydrogen (secondary N) is 1. The highest BCUT2D eigenvalue weighted by atomic mass is 16.5. The molecule has 6 nitrogen and oxygen atoms in total. The summed E-state index contributed by atoms with van der Waals surface area (Å²) in [4.78, 5) is 34.6. The normalized spacial score (nSPS) is 11.9. The molecule has 0 saturated carbocycles. The molecule has 1 atom stereocenters. The number of aromatic nitrogens is 1. The minimum Gasteiger partial charge on any atom is -0.496 e. The Labute approximate surface area is 231 Å². The van der Waals surface area contributed by atoms with Crippen molar-refractivity contribution in [2.45, 2.75) is 52.1 Å². The number of H-pyrrole nitrogens is 1. The molecule has 1 unspecified atom stereocenters. The molecule has 39 heavy (non-hydrogen) atoms. The Kier molecular flexibility index (Phi) is 9.42. The summed E-state index contributed by atoms with van der Waals surface area (Å²) in [7, 11) is 1.64. The molecule has 0 aliphatic rings. The van der Waals surface area contributed by atoms with E-state index in [4.69, 9.17) is 4.74 Å². The molecular formula is C33H39N3O3. The molecule has 4 rings (SSSR count). The number of hydrogen-bond acceptors (Lipinski definition) is 3. The number of methoxy groups -OCH3 is 1. The van der Waals surface area contributed by atoms with E-state index in [1.165, 1.54) is 0 Å². The number of rotatable bonds is 12. The van der Waals surface area contributed by atoms with E-state index in [0.29, 0.717) is 25.9 Å². The Morgan fingerprint density at radius 1 is 0.897 bits per heavy atom. The van der Waals surface area contributed by atoms with Crippen LogP contribution in [0.1, 0.15) is 49.8 Å². The maximum atomic E-state index is 13.9. The number of aromatic amines is 1. The van der Waals surface area contributed by atoms with E-state index in [1.54, 1.807) is 12.0 Å². The number of nitrogens with zero attached hydrogens (tertiary/aromatic N) is 2. The zero-order valence-corrected chi connectivity index (χ0v) is 23.4. The third-order valence-electron chi connectivity index (χ3n) is 7.35. The Morgan fingerprint density at radius 2 is 1.59 bits per heavy atom. The standard InChI is InChI=1S/C33H39N3O3/c1-5-28(25-13-7-6-8-14-25)33(38)36(24(2)3)23-32(37)35(22-27-15-9-12-18-31(27)39-4)20-19-26-21-34-30-17-11-10-16-29(26)30/h6-18,21,24,28,34H,5,19-20,22-23H2,1-4H3. The van der Waals surface area contributed by atoms with Crippen molar-refractivity contribution in [1.82, 2.24) is 14.8 Å². The zero-order valence-electron chi connectivity index (χ0n) is 23.4. The molecule has 0 fully saturated rings. The van der Waals surface area contributed by atoms with Crippen LogP contribution < -0.4 is 4.74 Å². The molecule has 3 aromatic carbocycles. The van der Waals surface area contributed by atoms with Gasteiger partial charge in [-0.25, -0.2) is 0 Å². The van der Waals surface area contributed by atoms with Gasteiger partial charge in [0, 0.05) is 41.8 Å². The smallest absolute Gasteiger partial charge is 0.242 e. The van der Waals surface area contributed by atoms with Crippen LogP contribution in [0.5, 0.6) is 5.75 Å². The molecule has 0 spiro atoms. The van der Waals surface area contributed by atoms with Crippen LogP contribution in [0.3, 0.4) is 0 Å². The van der Waals surface area contributed by atoms with Gasteiger partial charge in [0.05, 0.1) is 13.0 Å². The van der Waals surface area contributed by atoms with Crippen molar-refractivity contribution in [1.29, 1.82) is 0 Å². The lowest BCUT2D eigenvalue weighted by Crippen LogP contribution is -2.47. The maximum absolute atomic E-state index is 13.9. The summed E-state index contributed by atoms with van der Waals surface area (Å²) in [5.74, 6) is 0.372. The van der Waals surface area contributed by atoms with Crippen molar-refractivity contribution >= 4 is 22.7 Å². The van der Waals surface area contributed by atoms with Crippen molar-refractivity contribution in [3.8, 4) is 5.75 Å². The average Bonchev–Trinajstić information content (AvgIpc) is 3.37. The van der Waals surface area contributed by atoms with Gasteiger partial charge in [-0.1, -0.05) is 73.7 Å². The van der Waals surface area contributed by atoms with Gasteiger partial charge in [-0.2, -0.15) is 0 Å². The minimum absolute atomic E-state index is 0.0130. The van der Waals surface area contributed by atoms with Crippen LogP contribution in [0, 0.1) is 0 Å². The fourth-order valence-electron chi connectivity index (χ4n) is 5.12. The molecule has 0 aliphatic carbocycles. The van der Waals surface area contributed by atoms with Crippen LogP contribution in [-0.4, -0.2) is 52.8 Å². The van der Waals surface area contributed by atoms with E-state index in [2.05, 4.69) is 17.1 Å². The predicted octanol–water partition coefficient (Wildman–Crippen LogP) is 6.18. The SMILES string of the molecule is CCC(C(=O)N(CC(=O)N(CCc1c[nH]c2ccccc12)Cc1ccccc1OC)C(C)C)c1ccccc1. The molecule has 1 heterocycles. The highest BCUT2D eigenvalue weighted by Gasteiger charge is 2.29. The lowest BCUT2D eigenvalue weighted by molar-refractivity contribution is -0.143. The third-order valence-corrected chi connectivity index (χ3v) is 7.35. The second-order valence-electron chi connectivity index (χ2n) is 10.2. The van der Waals surface area contributed by atoms with Gasteiger partial charge in [-0.15, -0.1) is 0 Å². The first-order valence-electron chi connectivity index (χ1n) is 13.7. The molecule has 0 bridgehead atoms. The van der Waals surface area contributed by atoms with Crippen molar-refractivity contribution in [2.75, 3.05) is 20.2 Å². The first-order chi connectivity index (χ1) is 18.9. The number of ether oxygens (including phenoxy) is 1. The van der Waals surface area contributed by atoms with Gasteiger partial charge in [0.2, 0.25) is 11.8 Å². The van der Waals surface area contributed by atoms with E-state index >= 15 is 0 Å². The summed E-state index contributed by atoms with van der Waals surface area (Å²) in [6.07, 6.45) is 3.39. The van der Waals surface area contributed by atoms with E-state index in [1.807, 2.05) is 98.6 Å². The van der Waals surface area contributed by atoms with E-state index < -0.39 is 0 Å². The van der Waals surface area contributed by atoms with Gasteiger partial charge >= 0.3 is 0 Å². The first-order valence-corrected chi connectivity index (χ1v) is 13.7. The third kappa shape index (κ3) is 6.69.